The maximum atomic E-state index is 13.6. The summed E-state index contributed by atoms with van der Waals surface area (Å²) >= 11 is 0. The Balaban J connectivity index is 0.000000155. The predicted molar refractivity (Wildman–Crippen MR) is 223 cm³/mol. The fourth-order valence-corrected chi connectivity index (χ4v) is 10.7. The van der Waals surface area contributed by atoms with Crippen LogP contribution in [-0.2, 0) is 28.5 Å². The smallest absolute Gasteiger partial charge is 0.377 e. The number of carbonyl (C=O) groups is 1. The average Bonchev–Trinajstić information content (AvgIpc) is 3.76. The lowest BCUT2D eigenvalue weighted by Crippen LogP contribution is -2.49. The van der Waals surface area contributed by atoms with E-state index in [0.29, 0.717) is 31.3 Å². The minimum absolute atomic E-state index is 0.0219. The van der Waals surface area contributed by atoms with Crippen LogP contribution in [0.5, 0.6) is 0 Å². The maximum absolute atomic E-state index is 13.6. The van der Waals surface area contributed by atoms with Gasteiger partial charge in [-0.05, 0) is 178 Å². The molecule has 11 heteroatoms. The van der Waals surface area contributed by atoms with Crippen LogP contribution in [0.3, 0.4) is 0 Å². The highest BCUT2D eigenvalue weighted by atomic mass is 19.4. The van der Waals surface area contributed by atoms with Gasteiger partial charge in [0.25, 0.3) is 0 Å². The molecule has 0 saturated heterocycles. The third-order valence-corrected chi connectivity index (χ3v) is 14.0. The Kier molecular flexibility index (Phi) is 9.96. The van der Waals surface area contributed by atoms with Crippen molar-refractivity contribution in [3.8, 4) is 11.4 Å². The summed E-state index contributed by atoms with van der Waals surface area (Å²) in [5, 5.41) is 21.4. The van der Waals surface area contributed by atoms with Crippen molar-refractivity contribution in [3.63, 3.8) is 0 Å². The van der Waals surface area contributed by atoms with E-state index in [2.05, 4.69) is 41.4 Å². The zero-order valence-electron chi connectivity index (χ0n) is 33.8. The molecule has 1 N–H and O–H groups in total. The zero-order chi connectivity index (χ0) is 42.0. The zero-order valence-corrected chi connectivity index (χ0v) is 33.8. The molecule has 0 saturated carbocycles. The first-order valence-corrected chi connectivity index (χ1v) is 21.1. The summed E-state index contributed by atoms with van der Waals surface area (Å²) < 4.78 is 71.1. The topological polar surface area (TPSA) is 72.9 Å². The molecule has 10 rings (SSSR count). The highest BCUT2D eigenvalue weighted by molar-refractivity contribution is 5.92. The quantitative estimate of drug-likeness (QED) is 0.142. The average molecular weight is 819 g/mol. The summed E-state index contributed by atoms with van der Waals surface area (Å²) in [7, 11) is 0. The molecule has 310 valence electrons. The Hall–Kier alpha value is -5.42. The third-order valence-electron chi connectivity index (χ3n) is 14.0. The molecule has 60 heavy (non-hydrogen) atoms. The Labute approximate surface area is 345 Å². The van der Waals surface area contributed by atoms with Gasteiger partial charge in [-0.2, -0.15) is 23.4 Å². The molecule has 3 atom stereocenters. The summed E-state index contributed by atoms with van der Waals surface area (Å²) in [6.45, 7) is 4.25. The number of allylic oxidation sites excluding steroid dienone is 3. The summed E-state index contributed by atoms with van der Waals surface area (Å²) in [5.74, 6) is -0.294. The first-order valence-electron chi connectivity index (χ1n) is 21.1. The van der Waals surface area contributed by atoms with Crippen LogP contribution in [0.15, 0.2) is 108 Å². The molecule has 2 aromatic heterocycles. The monoisotopic (exact) mass is 818 g/mol. The van der Waals surface area contributed by atoms with E-state index >= 15 is 0 Å². The number of rotatable bonds is 4. The van der Waals surface area contributed by atoms with Crippen molar-refractivity contribution in [2.24, 2.45) is 0 Å². The first kappa shape index (κ1) is 40.0. The Bertz CT molecular complexity index is 2690. The van der Waals surface area contributed by atoms with E-state index in [1.165, 1.54) is 41.0 Å². The van der Waals surface area contributed by atoms with Gasteiger partial charge >= 0.3 is 6.18 Å². The van der Waals surface area contributed by atoms with Crippen molar-refractivity contribution in [2.45, 2.75) is 114 Å². The van der Waals surface area contributed by atoms with Crippen LogP contribution in [0.1, 0.15) is 100 Å². The lowest BCUT2D eigenvalue weighted by atomic mass is 9.62. The molecule has 4 aliphatic carbocycles. The van der Waals surface area contributed by atoms with Crippen LogP contribution in [0.25, 0.3) is 33.2 Å². The van der Waals surface area contributed by atoms with Crippen molar-refractivity contribution in [1.29, 1.82) is 0 Å². The Morgan fingerprint density at radius 1 is 0.650 bits per heavy atom. The van der Waals surface area contributed by atoms with E-state index in [1.807, 2.05) is 23.9 Å². The van der Waals surface area contributed by atoms with Gasteiger partial charge < -0.3 is 5.11 Å². The molecular weight excluding hydrogens is 772 g/mol. The van der Waals surface area contributed by atoms with E-state index in [1.54, 1.807) is 35.1 Å². The van der Waals surface area contributed by atoms with Crippen LogP contribution in [0.4, 0.5) is 22.0 Å². The van der Waals surface area contributed by atoms with Crippen molar-refractivity contribution < 1.29 is 31.9 Å². The number of nitrogens with zero attached hydrogens (tertiary/aromatic N) is 4. The minimum atomic E-state index is -4.69. The summed E-state index contributed by atoms with van der Waals surface area (Å²) in [4.78, 5) is 12.1. The Morgan fingerprint density at radius 3 is 1.62 bits per heavy atom. The number of halogens is 5. The summed E-state index contributed by atoms with van der Waals surface area (Å²) in [5.41, 5.74) is 7.12. The normalized spacial score (nSPS) is 23.9. The first-order chi connectivity index (χ1) is 28.8. The predicted octanol–water partition coefficient (Wildman–Crippen LogP) is 11.6. The van der Waals surface area contributed by atoms with Gasteiger partial charge in [-0.3, -0.25) is 4.79 Å². The highest BCUT2D eigenvalue weighted by Crippen LogP contribution is 2.54. The minimum Gasteiger partial charge on any atom is -0.377 e. The number of aliphatic hydroxyl groups is 1. The molecule has 0 bridgehead atoms. The molecule has 6 nitrogen and oxygen atoms in total. The van der Waals surface area contributed by atoms with Crippen LogP contribution >= 0.6 is 0 Å². The molecule has 4 aromatic carbocycles. The summed E-state index contributed by atoms with van der Waals surface area (Å²) in [6.07, 6.45) is 10.1. The van der Waals surface area contributed by atoms with Crippen molar-refractivity contribution in [1.82, 2.24) is 19.6 Å². The van der Waals surface area contributed by atoms with Gasteiger partial charge in [0.2, 0.25) is 0 Å². The van der Waals surface area contributed by atoms with Gasteiger partial charge in [0.05, 0.1) is 34.8 Å². The van der Waals surface area contributed by atoms with Gasteiger partial charge in [0, 0.05) is 28.0 Å². The van der Waals surface area contributed by atoms with Gasteiger partial charge in [-0.1, -0.05) is 25.0 Å². The van der Waals surface area contributed by atoms with Gasteiger partial charge in [-0.25, -0.2) is 18.1 Å². The van der Waals surface area contributed by atoms with E-state index in [4.69, 9.17) is 0 Å². The Morgan fingerprint density at radius 2 is 1.13 bits per heavy atom. The van der Waals surface area contributed by atoms with Gasteiger partial charge in [0.15, 0.2) is 11.4 Å². The van der Waals surface area contributed by atoms with E-state index in [-0.39, 0.29) is 35.7 Å². The lowest BCUT2D eigenvalue weighted by Gasteiger charge is -2.44. The molecule has 0 radical (unpaired) electrons. The second kappa shape index (κ2) is 14.9. The number of alkyl halides is 3. The summed E-state index contributed by atoms with van der Waals surface area (Å²) in [6, 6.07) is 21.2. The van der Waals surface area contributed by atoms with Crippen LogP contribution in [0.2, 0.25) is 0 Å². The SMILES string of the molecule is CCC12CCC(=O)C=C1CCCc1cc3c(cnn3-c3ccc(F)cc3)cc12.CC[C@@]12CC[C@](O)(C(F)(F)F)C=C1CCCc1cc3c(cnn3-c3ccc(F)cc3)cc12. The lowest BCUT2D eigenvalue weighted by molar-refractivity contribution is -0.245. The second-order valence-corrected chi connectivity index (χ2v) is 17.0. The van der Waals surface area contributed by atoms with E-state index < -0.39 is 17.2 Å². The number of benzene rings is 4. The van der Waals surface area contributed by atoms with Gasteiger partial charge in [0.1, 0.15) is 11.6 Å². The number of carbonyl (C=O) groups excluding carboxylic acids is 1. The standard InChI is InChI=1S/C25H24F4N2O.C24H23FN2O/c1-2-23-10-11-24(32,25(27,28)29)14-18(23)5-3-4-16-13-22-17(12-21(16)23)15-30-31(22)20-8-6-19(26)7-9-20;1-2-24-11-10-21(28)14-18(24)5-3-4-16-13-23-17(12-22(16)24)15-26-27(23)20-8-6-19(25)7-9-20/h6-9,12-15,32H,2-5,10-11H2,1H3;6-9,12-15H,2-5,10-11H2,1H3/t23-,24-;/m1./s1. The van der Waals surface area contributed by atoms with Crippen LogP contribution in [-0.4, -0.2) is 42.2 Å². The molecule has 0 amide bonds. The fraction of sp³-hybridized carbons (Fsp3) is 0.367. The molecule has 6 aromatic rings. The second-order valence-electron chi connectivity index (χ2n) is 17.0. The maximum Gasteiger partial charge on any atom is 0.420 e. The molecule has 0 fully saturated rings. The molecular formula is C49H47F5N4O2. The number of hydrogen-bond acceptors (Lipinski definition) is 4. The van der Waals surface area contributed by atoms with Crippen molar-refractivity contribution in [3.05, 3.63) is 142 Å². The number of ketones is 1. The molecule has 2 heterocycles. The number of aryl methyl sites for hydroxylation is 2. The largest absolute Gasteiger partial charge is 0.420 e. The van der Waals surface area contributed by atoms with E-state index in [9.17, 15) is 31.9 Å². The van der Waals surface area contributed by atoms with Gasteiger partial charge in [-0.15, -0.1) is 0 Å². The number of aromatic nitrogens is 4. The van der Waals surface area contributed by atoms with Crippen LogP contribution < -0.4 is 0 Å². The molecule has 1 unspecified atom stereocenters. The molecule has 0 spiro atoms. The number of hydrogen-bond donors (Lipinski definition) is 1. The molecule has 0 aliphatic heterocycles. The molecule has 4 aliphatic rings. The van der Waals surface area contributed by atoms with E-state index in [0.717, 1.165) is 88.9 Å². The van der Waals surface area contributed by atoms with Crippen molar-refractivity contribution in [2.75, 3.05) is 0 Å². The number of fused-ring (bicyclic) bond motifs is 8. The van der Waals surface area contributed by atoms with Crippen molar-refractivity contribution >= 4 is 27.6 Å². The van der Waals surface area contributed by atoms with Crippen LogP contribution in [0, 0.1) is 11.6 Å². The fourth-order valence-electron chi connectivity index (χ4n) is 10.7. The third kappa shape index (κ3) is 6.60. The highest BCUT2D eigenvalue weighted by Gasteiger charge is 2.57.